The SMILES string of the molecule is COC(F)(F)c1cccc(-c2noc(CCC(=O)NCCCNc3n[nH]c(=O)c4ccccc34)n2)c1. The van der Waals surface area contributed by atoms with Crippen LogP contribution in [0.1, 0.15) is 24.3 Å². The third-order valence-corrected chi connectivity index (χ3v) is 5.41. The number of hydrogen-bond acceptors (Lipinski definition) is 8. The third-order valence-electron chi connectivity index (χ3n) is 5.41. The van der Waals surface area contributed by atoms with Crippen LogP contribution in [0.15, 0.2) is 57.8 Å². The van der Waals surface area contributed by atoms with Crippen molar-refractivity contribution in [2.75, 3.05) is 25.5 Å². The Bertz CT molecular complexity index is 1400. The topological polar surface area (TPSA) is 135 Å². The zero-order valence-corrected chi connectivity index (χ0v) is 19.4. The number of carbonyl (C=O) groups is 1. The highest BCUT2D eigenvalue weighted by Crippen LogP contribution is 2.30. The number of aromatic nitrogens is 4. The monoisotopic (exact) mass is 498 g/mol. The van der Waals surface area contributed by atoms with Gasteiger partial charge >= 0.3 is 6.11 Å². The Labute approximate surface area is 204 Å². The van der Waals surface area contributed by atoms with Crippen molar-refractivity contribution < 1.29 is 22.8 Å². The number of methoxy groups -OCH3 is 1. The molecule has 0 aliphatic carbocycles. The molecule has 2 heterocycles. The van der Waals surface area contributed by atoms with Crippen LogP contribution < -0.4 is 16.2 Å². The summed E-state index contributed by atoms with van der Waals surface area (Å²) in [5, 5.41) is 17.6. The zero-order chi connectivity index (χ0) is 25.5. The zero-order valence-electron chi connectivity index (χ0n) is 19.4. The van der Waals surface area contributed by atoms with Crippen molar-refractivity contribution in [1.29, 1.82) is 0 Å². The number of halogens is 2. The van der Waals surface area contributed by atoms with E-state index in [1.165, 1.54) is 18.2 Å². The van der Waals surface area contributed by atoms with E-state index in [0.29, 0.717) is 36.3 Å². The second-order valence-electron chi connectivity index (χ2n) is 7.89. The summed E-state index contributed by atoms with van der Waals surface area (Å²) in [6.45, 7) is 0.972. The number of nitrogens with zero attached hydrogens (tertiary/aromatic N) is 3. The first-order chi connectivity index (χ1) is 17.4. The van der Waals surface area contributed by atoms with Gasteiger partial charge in [0.15, 0.2) is 5.82 Å². The Kier molecular flexibility index (Phi) is 7.64. The first-order valence-corrected chi connectivity index (χ1v) is 11.2. The number of aryl methyl sites for hydroxylation is 1. The molecule has 0 saturated heterocycles. The molecule has 0 bridgehead atoms. The molecule has 4 rings (SSSR count). The number of H-pyrrole nitrogens is 1. The molecular formula is C24H24F2N6O4. The first-order valence-electron chi connectivity index (χ1n) is 11.2. The molecule has 2 aromatic heterocycles. The average Bonchev–Trinajstić information content (AvgIpc) is 3.38. The minimum atomic E-state index is -3.43. The van der Waals surface area contributed by atoms with Crippen molar-refractivity contribution in [3.8, 4) is 11.4 Å². The Morgan fingerprint density at radius 1 is 1.14 bits per heavy atom. The number of ether oxygens (including phenoxy) is 1. The van der Waals surface area contributed by atoms with Crippen molar-refractivity contribution in [1.82, 2.24) is 25.7 Å². The van der Waals surface area contributed by atoms with Crippen LogP contribution in [-0.4, -0.2) is 46.4 Å². The third kappa shape index (κ3) is 5.89. The molecule has 0 atom stereocenters. The van der Waals surface area contributed by atoms with E-state index in [1.54, 1.807) is 18.2 Å². The molecule has 0 spiro atoms. The fraction of sp³-hybridized carbons (Fsp3) is 0.292. The lowest BCUT2D eigenvalue weighted by Gasteiger charge is -2.14. The molecule has 0 saturated carbocycles. The molecule has 0 unspecified atom stereocenters. The van der Waals surface area contributed by atoms with Gasteiger partial charge in [-0.3, -0.25) is 9.59 Å². The van der Waals surface area contributed by atoms with Crippen LogP contribution in [0.5, 0.6) is 0 Å². The van der Waals surface area contributed by atoms with Crippen molar-refractivity contribution in [2.45, 2.75) is 25.4 Å². The summed E-state index contributed by atoms with van der Waals surface area (Å²) in [7, 11) is 0.923. The van der Waals surface area contributed by atoms with Gasteiger partial charge in [0.25, 0.3) is 5.56 Å². The van der Waals surface area contributed by atoms with Crippen LogP contribution in [-0.2, 0) is 22.1 Å². The molecule has 0 fully saturated rings. The van der Waals surface area contributed by atoms with Crippen molar-refractivity contribution in [3.63, 3.8) is 0 Å². The lowest BCUT2D eigenvalue weighted by molar-refractivity contribution is -0.231. The largest absolute Gasteiger partial charge is 0.383 e. The maximum atomic E-state index is 13.8. The predicted molar refractivity (Wildman–Crippen MR) is 127 cm³/mol. The molecule has 2 aromatic carbocycles. The van der Waals surface area contributed by atoms with Gasteiger partial charge in [0, 0.05) is 44.0 Å². The van der Waals surface area contributed by atoms with E-state index in [0.717, 1.165) is 12.5 Å². The number of rotatable bonds is 11. The number of anilines is 1. The van der Waals surface area contributed by atoms with Crippen LogP contribution in [0.4, 0.5) is 14.6 Å². The Morgan fingerprint density at radius 2 is 1.94 bits per heavy atom. The molecule has 0 radical (unpaired) electrons. The molecule has 4 aromatic rings. The van der Waals surface area contributed by atoms with Gasteiger partial charge in [-0.2, -0.15) is 18.9 Å². The molecule has 36 heavy (non-hydrogen) atoms. The minimum Gasteiger partial charge on any atom is -0.368 e. The number of fused-ring (bicyclic) bond motifs is 1. The maximum absolute atomic E-state index is 13.8. The van der Waals surface area contributed by atoms with Gasteiger partial charge in [-0.25, -0.2) is 5.10 Å². The molecule has 0 aliphatic heterocycles. The summed E-state index contributed by atoms with van der Waals surface area (Å²) in [5.74, 6) is 0.750. The highest BCUT2D eigenvalue weighted by Gasteiger charge is 2.31. The number of nitrogens with one attached hydrogen (secondary N) is 3. The van der Waals surface area contributed by atoms with Gasteiger partial charge in [0.1, 0.15) is 0 Å². The Hall–Kier alpha value is -4.19. The summed E-state index contributed by atoms with van der Waals surface area (Å²) in [4.78, 5) is 28.2. The lowest BCUT2D eigenvalue weighted by atomic mass is 10.1. The van der Waals surface area contributed by atoms with Crippen LogP contribution in [0.25, 0.3) is 22.2 Å². The van der Waals surface area contributed by atoms with Gasteiger partial charge in [0.05, 0.1) is 10.9 Å². The Morgan fingerprint density at radius 3 is 2.75 bits per heavy atom. The molecule has 188 valence electrons. The Balaban J connectivity index is 1.21. The smallest absolute Gasteiger partial charge is 0.368 e. The summed E-state index contributed by atoms with van der Waals surface area (Å²) < 4.78 is 36.9. The minimum absolute atomic E-state index is 0.128. The summed E-state index contributed by atoms with van der Waals surface area (Å²) in [5.41, 5.74) is -0.230. The van der Waals surface area contributed by atoms with E-state index in [4.69, 9.17) is 4.52 Å². The average molecular weight is 498 g/mol. The van der Waals surface area contributed by atoms with Gasteiger partial charge in [0.2, 0.25) is 17.6 Å². The molecule has 12 heteroatoms. The lowest BCUT2D eigenvalue weighted by Crippen LogP contribution is -2.26. The number of alkyl halides is 2. The number of hydrogen-bond donors (Lipinski definition) is 3. The number of carbonyl (C=O) groups excluding carboxylic acids is 1. The van der Waals surface area contributed by atoms with E-state index in [2.05, 4.69) is 35.7 Å². The van der Waals surface area contributed by atoms with Crippen molar-refractivity contribution in [3.05, 3.63) is 70.3 Å². The van der Waals surface area contributed by atoms with E-state index in [-0.39, 0.29) is 41.6 Å². The second-order valence-corrected chi connectivity index (χ2v) is 7.89. The quantitative estimate of drug-likeness (QED) is 0.268. The van der Waals surface area contributed by atoms with Crippen molar-refractivity contribution in [2.24, 2.45) is 0 Å². The standard InChI is InChI=1S/C24H24F2N6O4/c1-35-24(25,26)16-7-4-6-15(14-16)21-29-20(36-32-21)11-10-19(33)27-12-5-13-28-22-17-8-2-3-9-18(17)23(34)31-30-22/h2-4,6-9,14H,5,10-13H2,1H3,(H,27,33)(H,28,30)(H,31,34). The number of aromatic amines is 1. The van der Waals surface area contributed by atoms with Crippen LogP contribution >= 0.6 is 0 Å². The fourth-order valence-corrected chi connectivity index (χ4v) is 3.51. The molecular weight excluding hydrogens is 474 g/mol. The molecule has 1 amide bonds. The number of benzene rings is 2. The van der Waals surface area contributed by atoms with E-state index in [9.17, 15) is 18.4 Å². The highest BCUT2D eigenvalue weighted by molar-refractivity contribution is 5.90. The van der Waals surface area contributed by atoms with Crippen molar-refractivity contribution >= 4 is 22.5 Å². The predicted octanol–water partition coefficient (Wildman–Crippen LogP) is 3.22. The van der Waals surface area contributed by atoms with E-state index >= 15 is 0 Å². The normalized spacial score (nSPS) is 11.5. The van der Waals surface area contributed by atoms with Gasteiger partial charge < -0.3 is 19.9 Å². The van der Waals surface area contributed by atoms with Crippen LogP contribution in [0.2, 0.25) is 0 Å². The van der Waals surface area contributed by atoms with Crippen LogP contribution in [0, 0.1) is 0 Å². The first kappa shape index (κ1) is 24.9. The van der Waals surface area contributed by atoms with Gasteiger partial charge in [-0.1, -0.05) is 41.6 Å². The molecule has 0 aliphatic rings. The van der Waals surface area contributed by atoms with E-state index in [1.807, 2.05) is 12.1 Å². The summed E-state index contributed by atoms with van der Waals surface area (Å²) >= 11 is 0. The molecule has 3 N–H and O–H groups in total. The second kappa shape index (κ2) is 11.0. The summed E-state index contributed by atoms with van der Waals surface area (Å²) in [6.07, 6.45) is -2.46. The van der Waals surface area contributed by atoms with E-state index < -0.39 is 6.11 Å². The number of amides is 1. The summed E-state index contributed by atoms with van der Waals surface area (Å²) in [6, 6.07) is 12.7. The molecule has 10 nitrogen and oxygen atoms in total. The van der Waals surface area contributed by atoms with Gasteiger partial charge in [-0.15, -0.1) is 0 Å². The van der Waals surface area contributed by atoms with Crippen LogP contribution in [0.3, 0.4) is 0 Å². The van der Waals surface area contributed by atoms with Gasteiger partial charge in [-0.05, 0) is 18.6 Å². The maximum Gasteiger partial charge on any atom is 0.383 e. The fourth-order valence-electron chi connectivity index (χ4n) is 3.51. The highest BCUT2D eigenvalue weighted by atomic mass is 19.3.